The minimum absolute atomic E-state index is 0.0143. The lowest BCUT2D eigenvalue weighted by Crippen LogP contribution is -2.43. The van der Waals surface area contributed by atoms with E-state index in [9.17, 15) is 9.59 Å². The maximum atomic E-state index is 11.8. The first-order valence-corrected chi connectivity index (χ1v) is 6.06. The number of carboxylic acid groups (broad SMARTS) is 1. The van der Waals surface area contributed by atoms with E-state index in [-0.39, 0.29) is 18.5 Å². The number of aliphatic carboxylic acids is 1. The van der Waals surface area contributed by atoms with Crippen LogP contribution in [-0.2, 0) is 4.79 Å². The van der Waals surface area contributed by atoms with Crippen LogP contribution < -0.4 is 10.6 Å². The van der Waals surface area contributed by atoms with Crippen molar-refractivity contribution in [2.24, 2.45) is 0 Å². The first kappa shape index (κ1) is 13.8. The van der Waals surface area contributed by atoms with Crippen LogP contribution in [0.1, 0.15) is 25.7 Å². The number of hydrogen-bond acceptors (Lipinski definition) is 3. The fourth-order valence-electron chi connectivity index (χ4n) is 1.61. The highest BCUT2D eigenvalue weighted by atomic mass is 16.4. The van der Waals surface area contributed by atoms with Crippen molar-refractivity contribution >= 4 is 12.0 Å². The van der Waals surface area contributed by atoms with Crippen molar-refractivity contribution in [1.29, 1.82) is 0 Å². The SMILES string of the molecule is CNCCCNC(=O)N(CCC(=O)O)C1CC1. The summed E-state index contributed by atoms with van der Waals surface area (Å²) in [4.78, 5) is 24.0. The molecule has 0 aromatic heterocycles. The highest BCUT2D eigenvalue weighted by Gasteiger charge is 2.32. The number of carboxylic acids is 1. The van der Waals surface area contributed by atoms with Crippen LogP contribution in [-0.4, -0.2) is 54.7 Å². The second-order valence-corrected chi connectivity index (χ2v) is 4.26. The molecule has 0 bridgehead atoms. The second kappa shape index (κ2) is 7.11. The second-order valence-electron chi connectivity index (χ2n) is 4.26. The summed E-state index contributed by atoms with van der Waals surface area (Å²) in [7, 11) is 1.87. The maximum absolute atomic E-state index is 11.8. The Kier molecular flexibility index (Phi) is 5.76. The minimum atomic E-state index is -0.862. The van der Waals surface area contributed by atoms with E-state index in [1.54, 1.807) is 4.90 Å². The third-order valence-corrected chi connectivity index (χ3v) is 2.69. The lowest BCUT2D eigenvalue weighted by Gasteiger charge is -2.22. The number of hydrogen-bond donors (Lipinski definition) is 3. The zero-order chi connectivity index (χ0) is 12.7. The molecule has 3 N–H and O–H groups in total. The quantitative estimate of drug-likeness (QED) is 0.534. The predicted molar refractivity (Wildman–Crippen MR) is 63.9 cm³/mol. The largest absolute Gasteiger partial charge is 0.481 e. The van der Waals surface area contributed by atoms with Gasteiger partial charge in [-0.05, 0) is 32.9 Å². The van der Waals surface area contributed by atoms with Gasteiger partial charge in [-0.3, -0.25) is 4.79 Å². The lowest BCUT2D eigenvalue weighted by molar-refractivity contribution is -0.137. The number of nitrogens with zero attached hydrogens (tertiary/aromatic N) is 1. The molecule has 1 aliphatic carbocycles. The summed E-state index contributed by atoms with van der Waals surface area (Å²) in [6.45, 7) is 1.78. The highest BCUT2D eigenvalue weighted by molar-refractivity contribution is 5.76. The molecule has 0 unspecified atom stereocenters. The Hall–Kier alpha value is -1.30. The smallest absolute Gasteiger partial charge is 0.317 e. The molecule has 6 nitrogen and oxygen atoms in total. The summed E-state index contributed by atoms with van der Waals surface area (Å²) < 4.78 is 0. The van der Waals surface area contributed by atoms with E-state index in [1.165, 1.54) is 0 Å². The summed E-state index contributed by atoms with van der Waals surface area (Å²) >= 11 is 0. The van der Waals surface area contributed by atoms with Gasteiger partial charge in [-0.2, -0.15) is 0 Å². The third-order valence-electron chi connectivity index (χ3n) is 2.69. The number of carbonyl (C=O) groups is 2. The van der Waals surface area contributed by atoms with Crippen molar-refractivity contribution in [3.05, 3.63) is 0 Å². The number of amides is 2. The molecule has 0 spiro atoms. The van der Waals surface area contributed by atoms with Crippen LogP contribution in [0.15, 0.2) is 0 Å². The van der Waals surface area contributed by atoms with Gasteiger partial charge in [0, 0.05) is 19.1 Å². The molecule has 0 saturated heterocycles. The minimum Gasteiger partial charge on any atom is -0.481 e. The van der Waals surface area contributed by atoms with Gasteiger partial charge in [0.05, 0.1) is 6.42 Å². The molecule has 0 atom stereocenters. The standard InChI is InChI=1S/C11H21N3O3/c1-12-6-2-7-13-11(17)14(9-3-4-9)8-5-10(15)16/h9,12H,2-8H2,1H3,(H,13,17)(H,15,16). The molecule has 1 aliphatic rings. The van der Waals surface area contributed by atoms with E-state index < -0.39 is 5.97 Å². The number of carbonyl (C=O) groups excluding carboxylic acids is 1. The summed E-state index contributed by atoms with van der Waals surface area (Å²) in [6.07, 6.45) is 2.87. The van der Waals surface area contributed by atoms with Crippen LogP contribution in [0.2, 0.25) is 0 Å². The Morgan fingerprint density at radius 2 is 2.06 bits per heavy atom. The zero-order valence-electron chi connectivity index (χ0n) is 10.2. The van der Waals surface area contributed by atoms with E-state index in [2.05, 4.69) is 10.6 Å². The van der Waals surface area contributed by atoms with Crippen molar-refractivity contribution in [3.63, 3.8) is 0 Å². The molecule has 0 aromatic carbocycles. The van der Waals surface area contributed by atoms with Crippen molar-refractivity contribution in [2.45, 2.75) is 31.7 Å². The van der Waals surface area contributed by atoms with Crippen LogP contribution in [0.3, 0.4) is 0 Å². The van der Waals surface area contributed by atoms with Gasteiger partial charge in [-0.15, -0.1) is 0 Å². The zero-order valence-corrected chi connectivity index (χ0v) is 10.2. The van der Waals surface area contributed by atoms with Gasteiger partial charge in [0.15, 0.2) is 0 Å². The van der Waals surface area contributed by atoms with Crippen molar-refractivity contribution in [1.82, 2.24) is 15.5 Å². The summed E-state index contributed by atoms with van der Waals surface area (Å²) in [6, 6.07) is 0.114. The van der Waals surface area contributed by atoms with Crippen molar-refractivity contribution < 1.29 is 14.7 Å². The number of nitrogens with one attached hydrogen (secondary N) is 2. The van der Waals surface area contributed by atoms with Gasteiger partial charge in [0.2, 0.25) is 0 Å². The summed E-state index contributed by atoms with van der Waals surface area (Å²) in [5.41, 5.74) is 0. The van der Waals surface area contributed by atoms with Gasteiger partial charge in [0.25, 0.3) is 0 Å². The van der Waals surface area contributed by atoms with Crippen LogP contribution in [0, 0.1) is 0 Å². The molecule has 17 heavy (non-hydrogen) atoms. The molecule has 1 saturated carbocycles. The van der Waals surface area contributed by atoms with E-state index >= 15 is 0 Å². The fourth-order valence-corrected chi connectivity index (χ4v) is 1.61. The molecule has 0 aliphatic heterocycles. The van der Waals surface area contributed by atoms with E-state index in [0.717, 1.165) is 25.8 Å². The van der Waals surface area contributed by atoms with Crippen LogP contribution in [0.4, 0.5) is 4.79 Å². The fraction of sp³-hybridized carbons (Fsp3) is 0.818. The Labute approximate surface area is 101 Å². The monoisotopic (exact) mass is 243 g/mol. The van der Waals surface area contributed by atoms with Gasteiger partial charge in [0.1, 0.15) is 0 Å². The molecule has 6 heteroatoms. The van der Waals surface area contributed by atoms with E-state index in [0.29, 0.717) is 13.1 Å². The Morgan fingerprint density at radius 1 is 1.35 bits per heavy atom. The van der Waals surface area contributed by atoms with Gasteiger partial charge >= 0.3 is 12.0 Å². The molecular formula is C11H21N3O3. The first-order valence-electron chi connectivity index (χ1n) is 6.06. The molecule has 2 amide bonds. The van der Waals surface area contributed by atoms with Crippen LogP contribution >= 0.6 is 0 Å². The molecule has 0 aromatic rings. The molecule has 0 heterocycles. The number of urea groups is 1. The van der Waals surface area contributed by atoms with Crippen molar-refractivity contribution in [2.75, 3.05) is 26.7 Å². The maximum Gasteiger partial charge on any atom is 0.317 e. The molecule has 1 fully saturated rings. The normalized spacial score (nSPS) is 14.4. The average Bonchev–Trinajstić information content (AvgIpc) is 3.08. The average molecular weight is 243 g/mol. The van der Waals surface area contributed by atoms with Crippen LogP contribution in [0.25, 0.3) is 0 Å². The first-order chi connectivity index (χ1) is 8.15. The lowest BCUT2D eigenvalue weighted by atomic mass is 10.3. The third kappa shape index (κ3) is 5.53. The topological polar surface area (TPSA) is 81.7 Å². The van der Waals surface area contributed by atoms with Gasteiger partial charge < -0.3 is 20.6 Å². The van der Waals surface area contributed by atoms with Gasteiger partial charge in [-0.1, -0.05) is 0 Å². The van der Waals surface area contributed by atoms with Crippen molar-refractivity contribution in [3.8, 4) is 0 Å². The van der Waals surface area contributed by atoms with Crippen LogP contribution in [0.5, 0.6) is 0 Å². The Balaban J connectivity index is 2.25. The number of rotatable bonds is 8. The molecular weight excluding hydrogens is 222 g/mol. The predicted octanol–water partition coefficient (Wildman–Crippen LogP) is 0.245. The molecule has 1 rings (SSSR count). The van der Waals surface area contributed by atoms with E-state index in [1.807, 2.05) is 7.05 Å². The Morgan fingerprint density at radius 3 is 2.59 bits per heavy atom. The molecule has 98 valence electrons. The highest BCUT2D eigenvalue weighted by Crippen LogP contribution is 2.26. The van der Waals surface area contributed by atoms with Gasteiger partial charge in [-0.25, -0.2) is 4.79 Å². The van der Waals surface area contributed by atoms with E-state index in [4.69, 9.17) is 5.11 Å². The summed E-state index contributed by atoms with van der Waals surface area (Å²) in [5, 5.41) is 14.4. The molecule has 0 radical (unpaired) electrons. The summed E-state index contributed by atoms with van der Waals surface area (Å²) in [5.74, 6) is -0.862. The Bertz CT molecular complexity index is 267.